The monoisotopic (exact) mass is 228 g/mol. The smallest absolute Gasteiger partial charge is 0.0562 e. The van der Waals surface area contributed by atoms with Crippen LogP contribution >= 0.6 is 15.9 Å². The number of halogens is 1. The fraction of sp³-hybridized carbons (Fsp3) is 0.444. The minimum atomic E-state index is 0.895. The van der Waals surface area contributed by atoms with Crippen molar-refractivity contribution in [1.29, 1.82) is 0 Å². The lowest BCUT2D eigenvalue weighted by atomic mass is 10.3. The molecule has 2 nitrogen and oxygen atoms in total. The first-order valence-electron chi connectivity index (χ1n) is 4.11. The predicted octanol–water partition coefficient (Wildman–Crippen LogP) is 2.70. The predicted molar refractivity (Wildman–Crippen MR) is 55.3 cm³/mol. The number of hydrogen-bond acceptors (Lipinski definition) is 1. The number of allylic oxidation sites excluding steroid dienone is 1. The number of rotatable bonds is 4. The van der Waals surface area contributed by atoms with Gasteiger partial charge in [0.1, 0.15) is 0 Å². The molecule has 0 saturated carbocycles. The number of alkyl halides is 1. The van der Waals surface area contributed by atoms with Gasteiger partial charge in [-0.15, -0.1) is 0 Å². The Kier molecular flexibility index (Phi) is 4.08. The summed E-state index contributed by atoms with van der Waals surface area (Å²) in [7, 11) is 0. The molecule has 0 atom stereocenters. The van der Waals surface area contributed by atoms with Gasteiger partial charge in [0.2, 0.25) is 0 Å². The van der Waals surface area contributed by atoms with E-state index < -0.39 is 0 Å². The van der Waals surface area contributed by atoms with Crippen molar-refractivity contribution in [3.05, 3.63) is 24.0 Å². The van der Waals surface area contributed by atoms with Crippen LogP contribution in [0.2, 0.25) is 0 Å². The number of aromatic nitrogens is 2. The Morgan fingerprint density at radius 2 is 2.50 bits per heavy atom. The minimum Gasteiger partial charge on any atom is -0.272 e. The van der Waals surface area contributed by atoms with Crippen LogP contribution in [0, 0.1) is 0 Å². The maximum atomic E-state index is 4.21. The van der Waals surface area contributed by atoms with Crippen molar-refractivity contribution >= 4 is 22.0 Å². The van der Waals surface area contributed by atoms with E-state index in [1.165, 1.54) is 5.56 Å². The van der Waals surface area contributed by atoms with Gasteiger partial charge in [0.05, 0.1) is 6.20 Å². The summed E-state index contributed by atoms with van der Waals surface area (Å²) in [5.41, 5.74) is 1.17. The molecule has 0 N–H and O–H groups in total. The summed E-state index contributed by atoms with van der Waals surface area (Å²) < 4.78 is 1.97. The van der Waals surface area contributed by atoms with Crippen molar-refractivity contribution in [2.45, 2.75) is 19.9 Å². The topological polar surface area (TPSA) is 17.8 Å². The third-order valence-corrected chi connectivity index (χ3v) is 1.88. The van der Waals surface area contributed by atoms with Gasteiger partial charge in [-0.05, 0) is 6.42 Å². The Morgan fingerprint density at radius 3 is 3.17 bits per heavy atom. The third kappa shape index (κ3) is 2.81. The molecule has 0 spiro atoms. The maximum Gasteiger partial charge on any atom is 0.0562 e. The van der Waals surface area contributed by atoms with E-state index in [4.69, 9.17) is 0 Å². The molecule has 0 fully saturated rings. The first kappa shape index (κ1) is 9.52. The highest BCUT2D eigenvalue weighted by Gasteiger charge is 1.92. The Balaban J connectivity index is 2.57. The molecule has 0 aliphatic carbocycles. The van der Waals surface area contributed by atoms with Gasteiger partial charge < -0.3 is 0 Å². The molecular weight excluding hydrogens is 216 g/mol. The van der Waals surface area contributed by atoms with E-state index in [1.54, 1.807) is 0 Å². The quantitative estimate of drug-likeness (QED) is 0.726. The molecule has 66 valence electrons. The van der Waals surface area contributed by atoms with Crippen molar-refractivity contribution in [3.8, 4) is 0 Å². The van der Waals surface area contributed by atoms with E-state index in [0.29, 0.717) is 0 Å². The lowest BCUT2D eigenvalue weighted by Crippen LogP contribution is -1.95. The molecule has 12 heavy (non-hydrogen) atoms. The van der Waals surface area contributed by atoms with Crippen LogP contribution in [0.5, 0.6) is 0 Å². The van der Waals surface area contributed by atoms with Crippen LogP contribution in [0.4, 0.5) is 0 Å². The van der Waals surface area contributed by atoms with Crippen LogP contribution < -0.4 is 0 Å². The largest absolute Gasteiger partial charge is 0.272 e. The second-order valence-corrected chi connectivity index (χ2v) is 3.24. The second kappa shape index (κ2) is 5.14. The fourth-order valence-corrected chi connectivity index (χ4v) is 1.18. The van der Waals surface area contributed by atoms with Crippen LogP contribution in [-0.4, -0.2) is 15.1 Å². The molecule has 1 aromatic rings. The number of aryl methyl sites for hydroxylation is 1. The molecule has 0 aliphatic rings. The van der Waals surface area contributed by atoms with Crippen molar-refractivity contribution in [2.24, 2.45) is 0 Å². The van der Waals surface area contributed by atoms with E-state index in [1.807, 2.05) is 10.9 Å². The van der Waals surface area contributed by atoms with Crippen molar-refractivity contribution in [2.75, 3.05) is 5.33 Å². The van der Waals surface area contributed by atoms with Gasteiger partial charge >= 0.3 is 0 Å². The van der Waals surface area contributed by atoms with E-state index >= 15 is 0 Å². The van der Waals surface area contributed by atoms with Crippen molar-refractivity contribution < 1.29 is 0 Å². The fourth-order valence-electron chi connectivity index (χ4n) is 0.998. The zero-order valence-electron chi connectivity index (χ0n) is 7.20. The minimum absolute atomic E-state index is 0.895. The Hall–Kier alpha value is -0.570. The first-order valence-corrected chi connectivity index (χ1v) is 5.24. The van der Waals surface area contributed by atoms with Crippen molar-refractivity contribution in [3.63, 3.8) is 0 Å². The second-order valence-electron chi connectivity index (χ2n) is 2.59. The van der Waals surface area contributed by atoms with Gasteiger partial charge in [0.15, 0.2) is 0 Å². The normalized spacial score (nSPS) is 11.2. The molecule has 3 heteroatoms. The first-order chi connectivity index (χ1) is 5.86. The van der Waals surface area contributed by atoms with Crippen LogP contribution in [0.25, 0.3) is 6.08 Å². The van der Waals surface area contributed by atoms with E-state index in [2.05, 4.69) is 46.3 Å². The molecule has 1 aromatic heterocycles. The Morgan fingerprint density at radius 1 is 1.67 bits per heavy atom. The van der Waals surface area contributed by atoms with Gasteiger partial charge in [-0.25, -0.2) is 0 Å². The van der Waals surface area contributed by atoms with Gasteiger partial charge in [-0.2, -0.15) is 5.10 Å². The summed E-state index contributed by atoms with van der Waals surface area (Å²) in [4.78, 5) is 0. The average molecular weight is 229 g/mol. The average Bonchev–Trinajstić information content (AvgIpc) is 2.50. The molecule has 0 saturated heterocycles. The molecule has 1 rings (SSSR count). The molecule has 0 radical (unpaired) electrons. The molecule has 0 aliphatic heterocycles. The highest BCUT2D eigenvalue weighted by molar-refractivity contribution is 9.09. The molecule has 0 amide bonds. The number of hydrogen-bond donors (Lipinski definition) is 0. The Bertz CT molecular complexity index is 253. The summed E-state index contributed by atoms with van der Waals surface area (Å²) in [5.74, 6) is 0. The zero-order valence-corrected chi connectivity index (χ0v) is 8.79. The molecule has 1 heterocycles. The Labute approximate surface area is 81.4 Å². The molecule has 0 unspecified atom stereocenters. The lowest BCUT2D eigenvalue weighted by Gasteiger charge is -1.93. The molecule has 0 bridgehead atoms. The van der Waals surface area contributed by atoms with Crippen LogP contribution in [0.3, 0.4) is 0 Å². The van der Waals surface area contributed by atoms with Crippen LogP contribution in [0.1, 0.15) is 18.9 Å². The summed E-state index contributed by atoms with van der Waals surface area (Å²) in [6.45, 7) is 3.15. The lowest BCUT2D eigenvalue weighted by molar-refractivity contribution is 0.602. The standard InChI is InChI=1S/C9H13BrN2/c1-2-6-12-8-9(7-11-12)4-3-5-10/h3-4,7-8H,2,5-6H2,1H3. The van der Waals surface area contributed by atoms with Gasteiger partial charge in [-0.1, -0.05) is 35.0 Å². The third-order valence-electron chi connectivity index (χ3n) is 1.51. The number of nitrogens with zero attached hydrogens (tertiary/aromatic N) is 2. The summed E-state index contributed by atoms with van der Waals surface area (Å²) in [6, 6.07) is 0. The summed E-state index contributed by atoms with van der Waals surface area (Å²) in [5, 5.41) is 5.10. The van der Waals surface area contributed by atoms with E-state index in [9.17, 15) is 0 Å². The van der Waals surface area contributed by atoms with Gasteiger partial charge in [0, 0.05) is 23.6 Å². The van der Waals surface area contributed by atoms with E-state index in [-0.39, 0.29) is 0 Å². The highest BCUT2D eigenvalue weighted by atomic mass is 79.9. The molecular formula is C9H13BrN2. The van der Waals surface area contributed by atoms with Gasteiger partial charge in [0.25, 0.3) is 0 Å². The maximum absolute atomic E-state index is 4.21. The SMILES string of the molecule is CCCn1cc(C=CCBr)cn1. The molecule has 0 aromatic carbocycles. The van der Waals surface area contributed by atoms with Crippen LogP contribution in [0.15, 0.2) is 18.5 Å². The highest BCUT2D eigenvalue weighted by Crippen LogP contribution is 2.01. The van der Waals surface area contributed by atoms with E-state index in [0.717, 1.165) is 18.3 Å². The van der Waals surface area contributed by atoms with Crippen LogP contribution in [-0.2, 0) is 6.54 Å². The van der Waals surface area contributed by atoms with Gasteiger partial charge in [-0.3, -0.25) is 4.68 Å². The summed E-state index contributed by atoms with van der Waals surface area (Å²) in [6.07, 6.45) is 9.20. The zero-order chi connectivity index (χ0) is 8.81. The van der Waals surface area contributed by atoms with Crippen molar-refractivity contribution in [1.82, 2.24) is 9.78 Å². The summed E-state index contributed by atoms with van der Waals surface area (Å²) >= 11 is 3.33.